The molecule has 1 fully saturated rings. The fraction of sp³-hybridized carbons (Fsp3) is 0.778. The van der Waals surface area contributed by atoms with Crippen LogP contribution in [-0.4, -0.2) is 28.9 Å². The second kappa shape index (κ2) is 4.13. The van der Waals surface area contributed by atoms with Gasteiger partial charge in [0.05, 0.1) is 18.8 Å². The summed E-state index contributed by atoms with van der Waals surface area (Å²) in [4.78, 5) is 2.27. The highest BCUT2D eigenvalue weighted by atomic mass is 32.1. The van der Waals surface area contributed by atoms with E-state index in [0.29, 0.717) is 5.88 Å². The van der Waals surface area contributed by atoms with E-state index in [0.717, 1.165) is 24.8 Å². The van der Waals surface area contributed by atoms with Gasteiger partial charge in [0.2, 0.25) is 5.82 Å². The molecule has 0 amide bonds. The van der Waals surface area contributed by atoms with Crippen molar-refractivity contribution in [1.29, 1.82) is 0 Å². The van der Waals surface area contributed by atoms with E-state index in [1.807, 2.05) is 0 Å². The molecule has 0 aromatic carbocycles. The van der Waals surface area contributed by atoms with Crippen LogP contribution < -0.4 is 9.64 Å². The molecule has 0 saturated carbocycles. The number of anilines is 1. The lowest BCUT2D eigenvalue weighted by Crippen LogP contribution is -2.33. The minimum absolute atomic E-state index is 0.671. The Morgan fingerprint density at radius 1 is 1.36 bits per heavy atom. The zero-order valence-electron chi connectivity index (χ0n) is 8.56. The van der Waals surface area contributed by atoms with E-state index < -0.39 is 0 Å². The third-order valence-corrected chi connectivity index (χ3v) is 3.22. The highest BCUT2D eigenvalue weighted by Gasteiger charge is 2.21. The fourth-order valence-corrected chi connectivity index (χ4v) is 2.26. The SMILES string of the molecule is COc1nsnc1N1CCC(C)CC1. The predicted octanol–water partition coefficient (Wildman–Crippen LogP) is 1.78. The molecule has 14 heavy (non-hydrogen) atoms. The molecule has 2 rings (SSSR count). The third-order valence-electron chi connectivity index (χ3n) is 2.72. The van der Waals surface area contributed by atoms with Crippen LogP contribution in [0.25, 0.3) is 0 Å². The highest BCUT2D eigenvalue weighted by molar-refractivity contribution is 6.99. The Morgan fingerprint density at radius 2 is 2.07 bits per heavy atom. The molecule has 1 saturated heterocycles. The minimum Gasteiger partial charge on any atom is -0.478 e. The Bertz CT molecular complexity index is 294. The van der Waals surface area contributed by atoms with Gasteiger partial charge in [0, 0.05) is 13.1 Å². The first kappa shape index (κ1) is 9.71. The molecule has 0 N–H and O–H groups in total. The highest BCUT2D eigenvalue weighted by Crippen LogP contribution is 2.28. The largest absolute Gasteiger partial charge is 0.478 e. The van der Waals surface area contributed by atoms with Gasteiger partial charge in [-0.05, 0) is 18.8 Å². The summed E-state index contributed by atoms with van der Waals surface area (Å²) < 4.78 is 13.5. The Balaban J connectivity index is 2.08. The topological polar surface area (TPSA) is 38.3 Å². The molecule has 0 spiro atoms. The quantitative estimate of drug-likeness (QED) is 0.750. The van der Waals surface area contributed by atoms with Crippen molar-refractivity contribution in [2.24, 2.45) is 5.92 Å². The lowest BCUT2D eigenvalue weighted by molar-refractivity contribution is 0.393. The van der Waals surface area contributed by atoms with E-state index in [9.17, 15) is 0 Å². The summed E-state index contributed by atoms with van der Waals surface area (Å²) in [5.41, 5.74) is 0. The molecule has 5 heteroatoms. The summed E-state index contributed by atoms with van der Waals surface area (Å²) in [6.07, 6.45) is 2.47. The van der Waals surface area contributed by atoms with Crippen molar-refractivity contribution in [3.05, 3.63) is 0 Å². The minimum atomic E-state index is 0.671. The van der Waals surface area contributed by atoms with Crippen LogP contribution in [0.5, 0.6) is 5.88 Å². The predicted molar refractivity (Wildman–Crippen MR) is 57.1 cm³/mol. The maximum Gasteiger partial charge on any atom is 0.270 e. The van der Waals surface area contributed by atoms with Gasteiger partial charge in [0.25, 0.3) is 5.88 Å². The van der Waals surface area contributed by atoms with Crippen LogP contribution in [0.4, 0.5) is 5.82 Å². The van der Waals surface area contributed by atoms with Gasteiger partial charge in [-0.15, -0.1) is 4.37 Å². The second-order valence-electron chi connectivity index (χ2n) is 3.77. The van der Waals surface area contributed by atoms with Gasteiger partial charge in [-0.25, -0.2) is 0 Å². The summed E-state index contributed by atoms with van der Waals surface area (Å²) in [6.45, 7) is 4.44. The van der Waals surface area contributed by atoms with Crippen LogP contribution in [0.2, 0.25) is 0 Å². The number of hydrogen-bond donors (Lipinski definition) is 0. The number of rotatable bonds is 2. The standard InChI is InChI=1S/C9H15N3OS/c1-7-3-5-12(6-4-7)8-9(13-2)11-14-10-8/h7H,3-6H2,1-2H3. The van der Waals surface area contributed by atoms with E-state index in [2.05, 4.69) is 20.6 Å². The van der Waals surface area contributed by atoms with Crippen LogP contribution in [0.15, 0.2) is 0 Å². The molecule has 0 bridgehead atoms. The fourth-order valence-electron chi connectivity index (χ4n) is 1.72. The van der Waals surface area contributed by atoms with E-state index in [1.54, 1.807) is 7.11 Å². The molecule has 1 aromatic heterocycles. The molecule has 78 valence electrons. The van der Waals surface area contributed by atoms with Crippen molar-refractivity contribution >= 4 is 17.5 Å². The monoisotopic (exact) mass is 213 g/mol. The van der Waals surface area contributed by atoms with Crippen LogP contribution in [0.1, 0.15) is 19.8 Å². The number of ether oxygens (including phenoxy) is 1. The summed E-state index contributed by atoms with van der Waals surface area (Å²) in [7, 11) is 1.65. The third kappa shape index (κ3) is 1.82. The first-order valence-corrected chi connectivity index (χ1v) is 5.65. The van der Waals surface area contributed by atoms with Gasteiger partial charge < -0.3 is 9.64 Å². The van der Waals surface area contributed by atoms with Crippen LogP contribution in [0, 0.1) is 5.92 Å². The summed E-state index contributed by atoms with van der Waals surface area (Å²) in [5.74, 6) is 2.43. The Morgan fingerprint density at radius 3 is 2.71 bits per heavy atom. The average Bonchev–Trinajstić information content (AvgIpc) is 2.67. The van der Waals surface area contributed by atoms with Crippen LogP contribution in [-0.2, 0) is 0 Å². The average molecular weight is 213 g/mol. The maximum atomic E-state index is 5.16. The molecule has 1 aliphatic heterocycles. The molecule has 4 nitrogen and oxygen atoms in total. The maximum absolute atomic E-state index is 5.16. The number of methoxy groups -OCH3 is 1. The number of hydrogen-bond acceptors (Lipinski definition) is 5. The Labute approximate surface area is 88.2 Å². The molecule has 1 aliphatic rings. The van der Waals surface area contributed by atoms with Gasteiger partial charge in [-0.1, -0.05) is 6.92 Å². The molecule has 0 unspecified atom stereocenters. The second-order valence-corrected chi connectivity index (χ2v) is 4.30. The Kier molecular flexibility index (Phi) is 2.86. The van der Waals surface area contributed by atoms with Gasteiger partial charge >= 0.3 is 0 Å². The number of nitrogens with zero attached hydrogens (tertiary/aromatic N) is 3. The smallest absolute Gasteiger partial charge is 0.270 e. The lowest BCUT2D eigenvalue weighted by atomic mass is 9.99. The number of piperidine rings is 1. The van der Waals surface area contributed by atoms with E-state index in [4.69, 9.17) is 4.74 Å². The lowest BCUT2D eigenvalue weighted by Gasteiger charge is -2.30. The number of aromatic nitrogens is 2. The normalized spacial score (nSPS) is 18.6. The molecule has 0 atom stereocenters. The van der Waals surface area contributed by atoms with Gasteiger partial charge in [-0.2, -0.15) is 4.37 Å². The summed E-state index contributed by atoms with van der Waals surface area (Å²) >= 11 is 1.22. The Hall–Kier alpha value is -0.840. The van der Waals surface area contributed by atoms with Crippen LogP contribution >= 0.6 is 11.7 Å². The van der Waals surface area contributed by atoms with Crippen molar-refractivity contribution in [3.63, 3.8) is 0 Å². The van der Waals surface area contributed by atoms with Crippen molar-refractivity contribution in [2.45, 2.75) is 19.8 Å². The van der Waals surface area contributed by atoms with Crippen molar-refractivity contribution in [1.82, 2.24) is 8.75 Å². The molecule has 0 aliphatic carbocycles. The molecular weight excluding hydrogens is 198 g/mol. The summed E-state index contributed by atoms with van der Waals surface area (Å²) in [5, 5.41) is 0. The molecule has 0 radical (unpaired) electrons. The van der Waals surface area contributed by atoms with Crippen molar-refractivity contribution < 1.29 is 4.74 Å². The first-order chi connectivity index (χ1) is 6.81. The molecule has 1 aromatic rings. The van der Waals surface area contributed by atoms with Gasteiger partial charge in [0.1, 0.15) is 0 Å². The molecular formula is C9H15N3OS. The first-order valence-electron chi connectivity index (χ1n) is 4.92. The van der Waals surface area contributed by atoms with Crippen LogP contribution in [0.3, 0.4) is 0 Å². The van der Waals surface area contributed by atoms with Crippen molar-refractivity contribution in [3.8, 4) is 5.88 Å². The van der Waals surface area contributed by atoms with Crippen molar-refractivity contribution in [2.75, 3.05) is 25.1 Å². The van der Waals surface area contributed by atoms with E-state index in [1.165, 1.54) is 24.6 Å². The van der Waals surface area contributed by atoms with E-state index in [-0.39, 0.29) is 0 Å². The van der Waals surface area contributed by atoms with Gasteiger partial charge in [0.15, 0.2) is 0 Å². The van der Waals surface area contributed by atoms with E-state index >= 15 is 0 Å². The summed E-state index contributed by atoms with van der Waals surface area (Å²) in [6, 6.07) is 0. The zero-order chi connectivity index (χ0) is 9.97. The zero-order valence-corrected chi connectivity index (χ0v) is 9.38. The molecule has 2 heterocycles. The van der Waals surface area contributed by atoms with Gasteiger partial charge in [-0.3, -0.25) is 0 Å².